The van der Waals surface area contributed by atoms with Crippen LogP contribution in [0.4, 0.5) is 0 Å². The summed E-state index contributed by atoms with van der Waals surface area (Å²) in [4.78, 5) is 0. The van der Waals surface area contributed by atoms with E-state index in [4.69, 9.17) is 4.74 Å². The highest BCUT2D eigenvalue weighted by atomic mass is 16.5. The average Bonchev–Trinajstić information content (AvgIpc) is 3.66. The first-order valence-electron chi connectivity index (χ1n) is 21.1. The molecule has 1 aliphatic carbocycles. The molecule has 11 aromatic carbocycles. The van der Waals surface area contributed by atoms with Crippen molar-refractivity contribution >= 4 is 32.3 Å². The summed E-state index contributed by atoms with van der Waals surface area (Å²) in [6.07, 6.45) is 0. The van der Waals surface area contributed by atoms with Crippen LogP contribution in [-0.2, 0) is 0 Å². The molecule has 0 radical (unpaired) electrons. The maximum Gasteiger partial charge on any atom is 0.136 e. The highest BCUT2D eigenvalue weighted by Gasteiger charge is 2.31. The molecule has 1 nitrogen and oxygen atoms in total. The number of hydrogen-bond acceptors (Lipinski definition) is 1. The number of fused-ring (bicyclic) bond motifs is 6. The summed E-state index contributed by atoms with van der Waals surface area (Å²) in [6.45, 7) is 0. The number of rotatable bonds is 5. The molecule has 282 valence electrons. The van der Waals surface area contributed by atoms with E-state index in [2.05, 4.69) is 218 Å². The third kappa shape index (κ3) is 5.14. The predicted molar refractivity (Wildman–Crippen MR) is 256 cm³/mol. The van der Waals surface area contributed by atoms with E-state index in [0.29, 0.717) is 0 Å². The van der Waals surface area contributed by atoms with Crippen LogP contribution in [0.5, 0.6) is 11.5 Å². The highest BCUT2D eigenvalue weighted by molar-refractivity contribution is 6.27. The fourth-order valence-corrected chi connectivity index (χ4v) is 10.3. The van der Waals surface area contributed by atoms with Gasteiger partial charge in [0.05, 0.1) is 0 Å². The molecular weight excluding hydrogens is 737 g/mol. The maximum absolute atomic E-state index is 6.89. The molecule has 0 amide bonds. The van der Waals surface area contributed by atoms with Gasteiger partial charge in [-0.2, -0.15) is 0 Å². The van der Waals surface area contributed by atoms with Crippen LogP contribution < -0.4 is 4.74 Å². The van der Waals surface area contributed by atoms with Crippen LogP contribution in [0.25, 0.3) is 121 Å². The first-order chi connectivity index (χ1) is 30.3. The second kappa shape index (κ2) is 13.3. The molecule has 61 heavy (non-hydrogen) atoms. The molecule has 1 aliphatic heterocycles. The molecule has 0 unspecified atom stereocenters. The Labute approximate surface area is 354 Å². The lowest BCUT2D eigenvalue weighted by molar-refractivity contribution is 0.487. The van der Waals surface area contributed by atoms with E-state index in [1.807, 2.05) is 0 Å². The lowest BCUT2D eigenvalue weighted by Gasteiger charge is -2.24. The second-order valence-corrected chi connectivity index (χ2v) is 16.3. The standard InChI is InChI=1S/C60H36O/c1-4-15-37(16-5-1)44-35-52-45(38-17-6-2-7-18-38)30-31-48-51-34-42(29-32-53(51)61-54(36-44)58(48)52)41-23-12-24-43(33-41)57-47-26-11-10-25-46(47)56(40-19-8-3-9-20-40)59-49-27-13-21-39-22-14-28-50(55(39)49)60(57)59/h1-36H. The zero-order valence-electron chi connectivity index (χ0n) is 33.2. The van der Waals surface area contributed by atoms with Gasteiger partial charge in [0.25, 0.3) is 0 Å². The van der Waals surface area contributed by atoms with E-state index in [0.717, 1.165) is 33.6 Å². The molecule has 2 aliphatic rings. The minimum Gasteiger partial charge on any atom is -0.456 e. The van der Waals surface area contributed by atoms with Gasteiger partial charge in [0.1, 0.15) is 11.5 Å². The quantitative estimate of drug-likeness (QED) is 0.169. The largest absolute Gasteiger partial charge is 0.456 e. The molecule has 0 fully saturated rings. The topological polar surface area (TPSA) is 9.23 Å². The van der Waals surface area contributed by atoms with Gasteiger partial charge in [0.2, 0.25) is 0 Å². The Morgan fingerprint density at radius 3 is 1.49 bits per heavy atom. The summed E-state index contributed by atoms with van der Waals surface area (Å²) in [5.41, 5.74) is 19.6. The monoisotopic (exact) mass is 772 g/mol. The maximum atomic E-state index is 6.89. The average molecular weight is 773 g/mol. The van der Waals surface area contributed by atoms with Crippen molar-refractivity contribution in [1.82, 2.24) is 0 Å². The summed E-state index contributed by atoms with van der Waals surface area (Å²) in [7, 11) is 0. The molecule has 11 aromatic rings. The molecule has 0 saturated heterocycles. The SMILES string of the molecule is c1ccc(-c2cc3c4c(ccc(-c5ccccc5)c4c2)-c2cc(-c4cccc(-c5c6c(c(-c7ccccc7)c7ccccc57)-c5cccc7cccc-6c57)c4)ccc2O3)cc1. The normalized spacial score (nSPS) is 12.1. The van der Waals surface area contributed by atoms with Crippen LogP contribution in [0, 0.1) is 0 Å². The van der Waals surface area contributed by atoms with Crippen molar-refractivity contribution in [3.63, 3.8) is 0 Å². The van der Waals surface area contributed by atoms with Gasteiger partial charge in [-0.05, 0) is 141 Å². The Hall–Kier alpha value is -8.00. The predicted octanol–water partition coefficient (Wildman–Crippen LogP) is 16.9. The molecule has 1 heterocycles. The minimum atomic E-state index is 0.873. The van der Waals surface area contributed by atoms with Crippen LogP contribution in [0.15, 0.2) is 218 Å². The number of benzene rings is 11. The third-order valence-corrected chi connectivity index (χ3v) is 13.0. The summed E-state index contributed by atoms with van der Waals surface area (Å²) >= 11 is 0. The second-order valence-electron chi connectivity index (χ2n) is 16.3. The zero-order valence-corrected chi connectivity index (χ0v) is 33.2. The van der Waals surface area contributed by atoms with Crippen LogP contribution in [0.1, 0.15) is 0 Å². The van der Waals surface area contributed by atoms with Gasteiger partial charge in [-0.3, -0.25) is 0 Å². The summed E-state index contributed by atoms with van der Waals surface area (Å²) in [6, 6.07) is 79.8. The fraction of sp³-hybridized carbons (Fsp3) is 0. The van der Waals surface area contributed by atoms with Gasteiger partial charge in [0.15, 0.2) is 0 Å². The molecule has 0 spiro atoms. The summed E-state index contributed by atoms with van der Waals surface area (Å²) in [5, 5.41) is 7.46. The summed E-state index contributed by atoms with van der Waals surface area (Å²) in [5.74, 6) is 1.76. The van der Waals surface area contributed by atoms with Crippen LogP contribution in [-0.4, -0.2) is 0 Å². The lowest BCUT2D eigenvalue weighted by atomic mass is 9.82. The van der Waals surface area contributed by atoms with Gasteiger partial charge in [0, 0.05) is 10.9 Å². The van der Waals surface area contributed by atoms with E-state index in [9.17, 15) is 0 Å². The Balaban J connectivity index is 1.01. The summed E-state index contributed by atoms with van der Waals surface area (Å²) < 4.78 is 6.89. The molecule has 13 rings (SSSR count). The molecule has 0 saturated carbocycles. The van der Waals surface area contributed by atoms with Crippen molar-refractivity contribution < 1.29 is 4.74 Å². The molecule has 0 bridgehead atoms. The molecule has 0 aromatic heterocycles. The minimum absolute atomic E-state index is 0.873. The Morgan fingerprint density at radius 2 is 0.787 bits per heavy atom. The van der Waals surface area contributed by atoms with E-state index < -0.39 is 0 Å². The van der Waals surface area contributed by atoms with Crippen molar-refractivity contribution in [2.24, 2.45) is 0 Å². The Kier molecular flexibility index (Phi) is 7.37. The van der Waals surface area contributed by atoms with E-state index >= 15 is 0 Å². The van der Waals surface area contributed by atoms with Crippen LogP contribution in [0.2, 0.25) is 0 Å². The first-order valence-corrected chi connectivity index (χ1v) is 21.1. The van der Waals surface area contributed by atoms with Gasteiger partial charge in [-0.1, -0.05) is 188 Å². The van der Waals surface area contributed by atoms with Crippen LogP contribution >= 0.6 is 0 Å². The van der Waals surface area contributed by atoms with E-state index in [1.165, 1.54) is 99.3 Å². The Morgan fingerprint density at radius 1 is 0.230 bits per heavy atom. The Bertz CT molecular complexity index is 3580. The molecule has 0 atom stereocenters. The van der Waals surface area contributed by atoms with Gasteiger partial charge in [-0.15, -0.1) is 0 Å². The van der Waals surface area contributed by atoms with E-state index in [1.54, 1.807) is 0 Å². The van der Waals surface area contributed by atoms with Crippen LogP contribution in [0.3, 0.4) is 0 Å². The smallest absolute Gasteiger partial charge is 0.136 e. The molecular formula is C60H36O. The molecule has 0 N–H and O–H groups in total. The molecule has 1 heteroatoms. The first kappa shape index (κ1) is 33.9. The number of hydrogen-bond donors (Lipinski definition) is 0. The van der Waals surface area contributed by atoms with Crippen molar-refractivity contribution in [2.45, 2.75) is 0 Å². The fourth-order valence-electron chi connectivity index (χ4n) is 10.3. The number of ether oxygens (including phenoxy) is 1. The zero-order chi connectivity index (χ0) is 40.0. The van der Waals surface area contributed by atoms with Gasteiger partial charge in [-0.25, -0.2) is 0 Å². The highest BCUT2D eigenvalue weighted by Crippen LogP contribution is 2.58. The van der Waals surface area contributed by atoms with Crippen molar-refractivity contribution in [2.75, 3.05) is 0 Å². The third-order valence-electron chi connectivity index (χ3n) is 13.0. The van der Waals surface area contributed by atoms with Crippen molar-refractivity contribution in [3.05, 3.63) is 218 Å². The van der Waals surface area contributed by atoms with Crippen molar-refractivity contribution in [3.8, 4) is 101 Å². The van der Waals surface area contributed by atoms with E-state index in [-0.39, 0.29) is 0 Å². The lowest BCUT2D eigenvalue weighted by Crippen LogP contribution is -1.99. The van der Waals surface area contributed by atoms with Gasteiger partial charge >= 0.3 is 0 Å². The van der Waals surface area contributed by atoms with Gasteiger partial charge < -0.3 is 4.74 Å². The van der Waals surface area contributed by atoms with Crippen molar-refractivity contribution in [1.29, 1.82) is 0 Å².